The Hall–Kier alpha value is -3.52. The maximum absolute atomic E-state index is 12.7. The minimum Gasteiger partial charge on any atom is -0.375 e. The molecule has 2 aromatic carbocycles. The van der Waals surface area contributed by atoms with Gasteiger partial charge in [0.2, 0.25) is 5.91 Å². The summed E-state index contributed by atoms with van der Waals surface area (Å²) in [5.74, 6) is -1.43. The fourth-order valence-electron chi connectivity index (χ4n) is 3.16. The average molecular weight is 409 g/mol. The molecule has 1 aliphatic rings. The lowest BCUT2D eigenvalue weighted by Gasteiger charge is -2.12. The standard InChI is InChI=1S/C22H23N3O5/c1-3-4-10-25-21(28)17-9-8-14(11-18(17)22(25)29)20(27)24-16-7-5-6-15(12-16)23-19(26)13-30-2/h5-9,11-12H,3-4,10,13H2,1-2H3,(H,23,26)(H,24,27). The highest BCUT2D eigenvalue weighted by Gasteiger charge is 2.35. The quantitative estimate of drug-likeness (QED) is 0.653. The molecule has 3 rings (SSSR count). The Morgan fingerprint density at radius 1 is 0.967 bits per heavy atom. The third-order valence-corrected chi connectivity index (χ3v) is 4.65. The van der Waals surface area contributed by atoms with E-state index in [2.05, 4.69) is 10.6 Å². The van der Waals surface area contributed by atoms with Crippen LogP contribution in [0.1, 0.15) is 50.8 Å². The molecule has 156 valence electrons. The van der Waals surface area contributed by atoms with Crippen LogP contribution in [0.25, 0.3) is 0 Å². The van der Waals surface area contributed by atoms with Crippen LogP contribution in [0.15, 0.2) is 42.5 Å². The number of imide groups is 1. The summed E-state index contributed by atoms with van der Waals surface area (Å²) in [5, 5.41) is 5.39. The SMILES string of the molecule is CCCCN1C(=O)c2ccc(C(=O)Nc3cccc(NC(=O)COC)c3)cc2C1=O. The van der Waals surface area contributed by atoms with Gasteiger partial charge in [-0.2, -0.15) is 0 Å². The molecule has 2 aromatic rings. The highest BCUT2D eigenvalue weighted by molar-refractivity contribution is 6.22. The number of benzene rings is 2. The van der Waals surface area contributed by atoms with Gasteiger partial charge < -0.3 is 15.4 Å². The van der Waals surface area contributed by atoms with Crippen molar-refractivity contribution in [2.45, 2.75) is 19.8 Å². The number of amides is 4. The summed E-state index contributed by atoms with van der Waals surface area (Å²) in [7, 11) is 1.42. The first-order valence-corrected chi connectivity index (χ1v) is 9.65. The largest absolute Gasteiger partial charge is 0.375 e. The van der Waals surface area contributed by atoms with E-state index >= 15 is 0 Å². The first-order chi connectivity index (χ1) is 14.4. The van der Waals surface area contributed by atoms with Crippen LogP contribution < -0.4 is 10.6 Å². The minimum absolute atomic E-state index is 0.0757. The van der Waals surface area contributed by atoms with Crippen LogP contribution in [-0.2, 0) is 9.53 Å². The molecule has 0 aliphatic carbocycles. The number of hydrogen-bond acceptors (Lipinski definition) is 5. The second kappa shape index (κ2) is 9.32. The Morgan fingerprint density at radius 2 is 1.67 bits per heavy atom. The van der Waals surface area contributed by atoms with E-state index in [0.29, 0.717) is 23.5 Å². The van der Waals surface area contributed by atoms with Crippen LogP contribution in [0.3, 0.4) is 0 Å². The topological polar surface area (TPSA) is 105 Å². The zero-order valence-corrected chi connectivity index (χ0v) is 16.9. The number of ether oxygens (including phenoxy) is 1. The van der Waals surface area contributed by atoms with E-state index in [0.717, 1.165) is 12.8 Å². The number of methoxy groups -OCH3 is 1. The smallest absolute Gasteiger partial charge is 0.261 e. The summed E-state index contributed by atoms with van der Waals surface area (Å²) in [6.45, 7) is 2.28. The molecule has 0 saturated heterocycles. The van der Waals surface area contributed by atoms with Gasteiger partial charge in [-0.15, -0.1) is 0 Å². The molecule has 1 aliphatic heterocycles. The molecule has 0 aromatic heterocycles. The molecule has 0 unspecified atom stereocenters. The third-order valence-electron chi connectivity index (χ3n) is 4.65. The van der Waals surface area contributed by atoms with Crippen molar-refractivity contribution >= 4 is 35.0 Å². The average Bonchev–Trinajstić information content (AvgIpc) is 2.96. The number of unbranched alkanes of at least 4 members (excludes halogenated alkanes) is 1. The normalized spacial score (nSPS) is 12.7. The number of fused-ring (bicyclic) bond motifs is 1. The first kappa shape index (κ1) is 21.2. The highest BCUT2D eigenvalue weighted by Crippen LogP contribution is 2.25. The van der Waals surface area contributed by atoms with E-state index in [1.165, 1.54) is 30.2 Å². The van der Waals surface area contributed by atoms with E-state index in [1.54, 1.807) is 24.3 Å². The highest BCUT2D eigenvalue weighted by atomic mass is 16.5. The van der Waals surface area contributed by atoms with Crippen molar-refractivity contribution in [3.05, 3.63) is 59.2 Å². The first-order valence-electron chi connectivity index (χ1n) is 9.65. The predicted molar refractivity (Wildman–Crippen MR) is 112 cm³/mol. The van der Waals surface area contributed by atoms with Crippen LogP contribution in [0.4, 0.5) is 11.4 Å². The van der Waals surface area contributed by atoms with Crippen LogP contribution in [0.2, 0.25) is 0 Å². The summed E-state index contributed by atoms with van der Waals surface area (Å²) in [6.07, 6.45) is 1.60. The summed E-state index contributed by atoms with van der Waals surface area (Å²) in [5.41, 5.74) is 1.81. The fourth-order valence-corrected chi connectivity index (χ4v) is 3.16. The van der Waals surface area contributed by atoms with Crippen molar-refractivity contribution in [3.8, 4) is 0 Å². The van der Waals surface area contributed by atoms with Gasteiger partial charge >= 0.3 is 0 Å². The van der Waals surface area contributed by atoms with Crippen LogP contribution >= 0.6 is 0 Å². The summed E-state index contributed by atoms with van der Waals surface area (Å²) < 4.78 is 4.77. The summed E-state index contributed by atoms with van der Waals surface area (Å²) in [6, 6.07) is 11.1. The van der Waals surface area contributed by atoms with E-state index in [9.17, 15) is 19.2 Å². The maximum atomic E-state index is 12.7. The Bertz CT molecular complexity index is 1000. The number of carbonyl (C=O) groups excluding carboxylic acids is 4. The Kier molecular flexibility index (Phi) is 6.58. The summed E-state index contributed by atoms with van der Waals surface area (Å²) in [4.78, 5) is 50.5. The van der Waals surface area contributed by atoms with Crippen molar-refractivity contribution in [2.24, 2.45) is 0 Å². The van der Waals surface area contributed by atoms with Gasteiger partial charge in [0.05, 0.1) is 11.1 Å². The predicted octanol–water partition coefficient (Wildman–Crippen LogP) is 2.92. The zero-order valence-electron chi connectivity index (χ0n) is 16.9. The zero-order chi connectivity index (χ0) is 21.7. The van der Waals surface area contributed by atoms with Crippen LogP contribution in [0, 0.1) is 0 Å². The molecular weight excluding hydrogens is 386 g/mol. The van der Waals surface area contributed by atoms with E-state index < -0.39 is 5.91 Å². The van der Waals surface area contributed by atoms with Gasteiger partial charge in [-0.3, -0.25) is 24.1 Å². The fraction of sp³-hybridized carbons (Fsp3) is 0.273. The second-order valence-electron chi connectivity index (χ2n) is 6.89. The van der Waals surface area contributed by atoms with Crippen molar-refractivity contribution in [1.29, 1.82) is 0 Å². The molecule has 2 N–H and O–H groups in total. The molecule has 0 bridgehead atoms. The Balaban J connectivity index is 1.74. The van der Waals surface area contributed by atoms with Gasteiger partial charge in [0.15, 0.2) is 0 Å². The molecule has 30 heavy (non-hydrogen) atoms. The van der Waals surface area contributed by atoms with Gasteiger partial charge in [-0.1, -0.05) is 19.4 Å². The lowest BCUT2D eigenvalue weighted by atomic mass is 10.1. The van der Waals surface area contributed by atoms with Crippen LogP contribution in [0.5, 0.6) is 0 Å². The van der Waals surface area contributed by atoms with Gasteiger partial charge in [0.1, 0.15) is 6.61 Å². The monoisotopic (exact) mass is 409 g/mol. The number of carbonyl (C=O) groups is 4. The van der Waals surface area contributed by atoms with E-state index in [1.807, 2.05) is 6.92 Å². The number of rotatable bonds is 8. The molecule has 8 heteroatoms. The molecule has 4 amide bonds. The number of hydrogen-bond donors (Lipinski definition) is 2. The maximum Gasteiger partial charge on any atom is 0.261 e. The molecule has 8 nitrogen and oxygen atoms in total. The Labute approximate surface area is 174 Å². The molecule has 0 saturated carbocycles. The lowest BCUT2D eigenvalue weighted by Crippen LogP contribution is -2.30. The van der Waals surface area contributed by atoms with Gasteiger partial charge in [0, 0.05) is 30.6 Å². The number of nitrogens with zero attached hydrogens (tertiary/aromatic N) is 1. The van der Waals surface area contributed by atoms with Crippen molar-refractivity contribution in [1.82, 2.24) is 4.90 Å². The molecule has 0 atom stereocenters. The van der Waals surface area contributed by atoms with Gasteiger partial charge in [0.25, 0.3) is 17.7 Å². The van der Waals surface area contributed by atoms with Crippen molar-refractivity contribution < 1.29 is 23.9 Å². The van der Waals surface area contributed by atoms with E-state index in [-0.39, 0.29) is 35.5 Å². The molecule has 0 fully saturated rings. The Morgan fingerprint density at radius 3 is 2.37 bits per heavy atom. The lowest BCUT2D eigenvalue weighted by molar-refractivity contribution is -0.119. The van der Waals surface area contributed by atoms with E-state index in [4.69, 9.17) is 4.74 Å². The molecule has 0 radical (unpaired) electrons. The molecule has 0 spiro atoms. The minimum atomic E-state index is -0.426. The second-order valence-corrected chi connectivity index (χ2v) is 6.89. The number of nitrogens with one attached hydrogen (secondary N) is 2. The molecular formula is C22H23N3O5. The van der Waals surface area contributed by atoms with Crippen molar-refractivity contribution in [3.63, 3.8) is 0 Å². The summed E-state index contributed by atoms with van der Waals surface area (Å²) >= 11 is 0. The molecule has 1 heterocycles. The van der Waals surface area contributed by atoms with Gasteiger partial charge in [-0.25, -0.2) is 0 Å². The van der Waals surface area contributed by atoms with Crippen LogP contribution in [-0.4, -0.2) is 48.8 Å². The van der Waals surface area contributed by atoms with Crippen molar-refractivity contribution in [2.75, 3.05) is 30.9 Å². The third kappa shape index (κ3) is 4.55. The number of anilines is 2. The van der Waals surface area contributed by atoms with Gasteiger partial charge in [-0.05, 0) is 42.8 Å².